The molecule has 6 nitrogen and oxygen atoms in total. The molecule has 7 heteroatoms. The average Bonchev–Trinajstić information content (AvgIpc) is 2.61. The number of hydrogen-bond donors (Lipinski definition) is 1. The molecule has 1 heterocycles. The van der Waals surface area contributed by atoms with Crippen molar-refractivity contribution in [3.8, 4) is 11.5 Å². The quantitative estimate of drug-likeness (QED) is 0.847. The Bertz CT molecular complexity index is 795. The highest BCUT2D eigenvalue weighted by molar-refractivity contribution is 6.30. The maximum atomic E-state index is 12.2. The normalized spacial score (nSPS) is 16.6. The van der Waals surface area contributed by atoms with E-state index in [1.165, 1.54) is 6.92 Å². The first-order valence-electron chi connectivity index (χ1n) is 7.68. The summed E-state index contributed by atoms with van der Waals surface area (Å²) >= 11 is 5.87. The molecule has 1 aliphatic heterocycles. The van der Waals surface area contributed by atoms with Crippen molar-refractivity contribution in [2.24, 2.45) is 0 Å². The topological polar surface area (TPSA) is 73.9 Å². The molecule has 0 aliphatic carbocycles. The Balaban J connectivity index is 1.56. The first-order chi connectivity index (χ1) is 12.0. The van der Waals surface area contributed by atoms with Gasteiger partial charge in [0.25, 0.3) is 5.91 Å². The van der Waals surface area contributed by atoms with Gasteiger partial charge in [-0.05, 0) is 37.3 Å². The zero-order valence-corrected chi connectivity index (χ0v) is 14.2. The zero-order valence-electron chi connectivity index (χ0n) is 13.4. The van der Waals surface area contributed by atoms with Crippen molar-refractivity contribution < 1.29 is 23.8 Å². The molecule has 1 N–H and O–H groups in total. The van der Waals surface area contributed by atoms with E-state index in [4.69, 9.17) is 25.8 Å². The van der Waals surface area contributed by atoms with Crippen molar-refractivity contribution in [2.75, 3.05) is 11.9 Å². The second-order valence-corrected chi connectivity index (χ2v) is 5.88. The van der Waals surface area contributed by atoms with Gasteiger partial charge in [-0.2, -0.15) is 0 Å². The van der Waals surface area contributed by atoms with Crippen molar-refractivity contribution in [3.63, 3.8) is 0 Å². The number of esters is 1. The van der Waals surface area contributed by atoms with E-state index >= 15 is 0 Å². The van der Waals surface area contributed by atoms with Gasteiger partial charge in [0.05, 0.1) is 0 Å². The number of ether oxygens (including phenoxy) is 3. The van der Waals surface area contributed by atoms with E-state index in [-0.39, 0.29) is 6.61 Å². The van der Waals surface area contributed by atoms with Crippen molar-refractivity contribution in [3.05, 3.63) is 53.6 Å². The number of carbonyl (C=O) groups is 2. The van der Waals surface area contributed by atoms with Gasteiger partial charge < -0.3 is 19.5 Å². The van der Waals surface area contributed by atoms with E-state index in [2.05, 4.69) is 5.32 Å². The number of amides is 1. The highest BCUT2D eigenvalue weighted by Crippen LogP contribution is 2.31. The molecule has 2 atom stereocenters. The fourth-order valence-electron chi connectivity index (χ4n) is 2.25. The Kier molecular flexibility index (Phi) is 5.09. The molecule has 0 spiro atoms. The molecule has 0 saturated heterocycles. The number of para-hydroxylation sites is 2. The van der Waals surface area contributed by atoms with Crippen LogP contribution in [-0.4, -0.2) is 30.7 Å². The molecular formula is C18H16ClNO5. The minimum Gasteiger partial charge on any atom is -0.485 e. The van der Waals surface area contributed by atoms with E-state index < -0.39 is 24.1 Å². The van der Waals surface area contributed by atoms with Crippen LogP contribution in [0.1, 0.15) is 6.92 Å². The lowest BCUT2D eigenvalue weighted by Gasteiger charge is -2.25. The summed E-state index contributed by atoms with van der Waals surface area (Å²) in [6, 6.07) is 13.7. The first-order valence-corrected chi connectivity index (χ1v) is 8.06. The van der Waals surface area contributed by atoms with Crippen LogP contribution in [0.4, 0.5) is 5.69 Å². The van der Waals surface area contributed by atoms with Crippen LogP contribution in [0, 0.1) is 0 Å². The third-order valence-electron chi connectivity index (χ3n) is 3.53. The molecule has 0 radical (unpaired) electrons. The summed E-state index contributed by atoms with van der Waals surface area (Å²) in [4.78, 5) is 24.3. The van der Waals surface area contributed by atoms with E-state index in [9.17, 15) is 9.59 Å². The fraction of sp³-hybridized carbons (Fsp3) is 0.222. The molecule has 1 amide bonds. The van der Waals surface area contributed by atoms with Crippen LogP contribution in [0.15, 0.2) is 48.5 Å². The molecular weight excluding hydrogens is 346 g/mol. The third kappa shape index (κ3) is 4.22. The lowest BCUT2D eigenvalue weighted by atomic mass is 10.2. The standard InChI is InChI=1S/C18H16ClNO5/c1-11(17(21)20-13-6-4-5-12(19)9-13)24-18(22)16-10-23-14-7-2-3-8-15(14)25-16/h2-9,11,16H,10H2,1H3,(H,20,21)/t11-,16-/m1/s1. The molecule has 0 saturated carbocycles. The largest absolute Gasteiger partial charge is 0.485 e. The van der Waals surface area contributed by atoms with E-state index in [1.807, 2.05) is 6.07 Å². The van der Waals surface area contributed by atoms with E-state index in [0.717, 1.165) is 0 Å². The highest BCUT2D eigenvalue weighted by atomic mass is 35.5. The Hall–Kier alpha value is -2.73. The molecule has 3 rings (SSSR count). The molecule has 1 aliphatic rings. The average molecular weight is 362 g/mol. The summed E-state index contributed by atoms with van der Waals surface area (Å²) in [5.74, 6) is -0.0963. The second-order valence-electron chi connectivity index (χ2n) is 5.44. The monoisotopic (exact) mass is 361 g/mol. The van der Waals surface area contributed by atoms with Crippen LogP contribution in [0.25, 0.3) is 0 Å². The predicted molar refractivity (Wildman–Crippen MR) is 92.0 cm³/mol. The van der Waals surface area contributed by atoms with E-state index in [0.29, 0.717) is 22.2 Å². The van der Waals surface area contributed by atoms with Gasteiger partial charge in [0.1, 0.15) is 6.61 Å². The van der Waals surface area contributed by atoms with Gasteiger partial charge in [0, 0.05) is 10.7 Å². The molecule has 0 aromatic heterocycles. The number of fused-ring (bicyclic) bond motifs is 1. The molecule has 2 aromatic rings. The van der Waals surface area contributed by atoms with Crippen LogP contribution in [0.2, 0.25) is 5.02 Å². The SMILES string of the molecule is C[C@@H](OC(=O)[C@H]1COc2ccccc2O1)C(=O)Nc1cccc(Cl)c1. The van der Waals surface area contributed by atoms with Crippen molar-refractivity contribution in [1.29, 1.82) is 0 Å². The zero-order chi connectivity index (χ0) is 17.8. The summed E-state index contributed by atoms with van der Waals surface area (Å²) in [6.45, 7) is 1.51. The first kappa shape index (κ1) is 17.1. The molecule has 0 fully saturated rings. The van der Waals surface area contributed by atoms with Gasteiger partial charge in [-0.15, -0.1) is 0 Å². The predicted octanol–water partition coefficient (Wildman–Crippen LogP) is 3.05. The molecule has 25 heavy (non-hydrogen) atoms. The van der Waals surface area contributed by atoms with Crippen LogP contribution in [0.5, 0.6) is 11.5 Å². The Morgan fingerprint density at radius 1 is 1.20 bits per heavy atom. The number of benzene rings is 2. The van der Waals surface area contributed by atoms with Gasteiger partial charge in [-0.1, -0.05) is 29.8 Å². The second kappa shape index (κ2) is 7.44. The van der Waals surface area contributed by atoms with Gasteiger partial charge in [0.15, 0.2) is 17.6 Å². The van der Waals surface area contributed by atoms with Crippen LogP contribution < -0.4 is 14.8 Å². The number of anilines is 1. The number of rotatable bonds is 4. The van der Waals surface area contributed by atoms with Gasteiger partial charge >= 0.3 is 5.97 Å². The van der Waals surface area contributed by atoms with Crippen molar-refractivity contribution >= 4 is 29.2 Å². The summed E-state index contributed by atoms with van der Waals surface area (Å²) in [5.41, 5.74) is 0.520. The van der Waals surface area contributed by atoms with Crippen molar-refractivity contribution in [1.82, 2.24) is 0 Å². The van der Waals surface area contributed by atoms with Crippen LogP contribution in [-0.2, 0) is 14.3 Å². The Labute approximate surface area is 149 Å². The Morgan fingerprint density at radius 2 is 1.96 bits per heavy atom. The van der Waals surface area contributed by atoms with Crippen molar-refractivity contribution in [2.45, 2.75) is 19.1 Å². The number of halogens is 1. The molecule has 0 unspecified atom stereocenters. The van der Waals surface area contributed by atoms with Gasteiger partial charge in [0.2, 0.25) is 6.10 Å². The van der Waals surface area contributed by atoms with Gasteiger partial charge in [-0.25, -0.2) is 4.79 Å². The van der Waals surface area contributed by atoms with E-state index in [1.54, 1.807) is 42.5 Å². The maximum Gasteiger partial charge on any atom is 0.351 e. The summed E-state index contributed by atoms with van der Waals surface area (Å²) < 4.78 is 16.2. The number of hydrogen-bond acceptors (Lipinski definition) is 5. The smallest absolute Gasteiger partial charge is 0.351 e. The minimum atomic E-state index is -0.993. The molecule has 0 bridgehead atoms. The summed E-state index contributed by atoms with van der Waals surface area (Å²) in [5, 5.41) is 3.13. The fourth-order valence-corrected chi connectivity index (χ4v) is 2.44. The maximum absolute atomic E-state index is 12.2. The Morgan fingerprint density at radius 3 is 2.72 bits per heavy atom. The number of nitrogens with one attached hydrogen (secondary N) is 1. The van der Waals surface area contributed by atoms with Crippen LogP contribution in [0.3, 0.4) is 0 Å². The lowest BCUT2D eigenvalue weighted by Crippen LogP contribution is -2.41. The van der Waals surface area contributed by atoms with Gasteiger partial charge in [-0.3, -0.25) is 4.79 Å². The lowest BCUT2D eigenvalue weighted by molar-refractivity contribution is -0.162. The molecule has 130 valence electrons. The summed E-state index contributed by atoms with van der Waals surface area (Å²) in [6.07, 6.45) is -1.91. The van der Waals surface area contributed by atoms with Crippen LogP contribution >= 0.6 is 11.6 Å². The summed E-state index contributed by atoms with van der Waals surface area (Å²) in [7, 11) is 0. The third-order valence-corrected chi connectivity index (χ3v) is 3.76. The number of carbonyl (C=O) groups excluding carboxylic acids is 2. The minimum absolute atomic E-state index is 0.0263. The highest BCUT2D eigenvalue weighted by Gasteiger charge is 2.31. The molecule has 2 aromatic carbocycles.